The quantitative estimate of drug-likeness (QED) is 0.352. The van der Waals surface area contributed by atoms with E-state index in [1.807, 2.05) is 0 Å². The van der Waals surface area contributed by atoms with Crippen LogP contribution in [0.3, 0.4) is 0 Å². The first-order valence-corrected chi connectivity index (χ1v) is 7.11. The minimum absolute atomic E-state index is 0.0483. The van der Waals surface area contributed by atoms with Crippen LogP contribution in [-0.4, -0.2) is 57.3 Å². The first kappa shape index (κ1) is 17.1. The van der Waals surface area contributed by atoms with Gasteiger partial charge in [0.25, 0.3) is 10.2 Å². The zero-order valence-corrected chi connectivity index (χ0v) is 12.1. The van der Waals surface area contributed by atoms with Gasteiger partial charge in [0.1, 0.15) is 0 Å². The van der Waals surface area contributed by atoms with Crippen molar-refractivity contribution in [2.24, 2.45) is 0 Å². The van der Waals surface area contributed by atoms with E-state index in [9.17, 15) is 13.2 Å². The first-order chi connectivity index (χ1) is 8.36. The minimum Gasteiger partial charge on any atom is -0.469 e. The summed E-state index contributed by atoms with van der Waals surface area (Å²) in [6.07, 6.45) is 3.30. The topological polar surface area (TPSA) is 66.9 Å². The SMILES string of the molecule is C=CCCCN(C)S(=O)(=O)N(C)CCC(=O)OC. The van der Waals surface area contributed by atoms with Crippen LogP contribution in [0.4, 0.5) is 0 Å². The Morgan fingerprint density at radius 1 is 1.28 bits per heavy atom. The minimum atomic E-state index is -3.50. The van der Waals surface area contributed by atoms with Crippen molar-refractivity contribution in [3.05, 3.63) is 12.7 Å². The van der Waals surface area contributed by atoms with E-state index in [0.29, 0.717) is 6.54 Å². The predicted molar refractivity (Wildman–Crippen MR) is 70.2 cm³/mol. The van der Waals surface area contributed by atoms with E-state index in [0.717, 1.165) is 17.1 Å². The third kappa shape index (κ3) is 5.61. The lowest BCUT2D eigenvalue weighted by Crippen LogP contribution is -2.40. The Balaban J connectivity index is 4.32. The van der Waals surface area contributed by atoms with Crippen LogP contribution < -0.4 is 0 Å². The van der Waals surface area contributed by atoms with Gasteiger partial charge in [-0.3, -0.25) is 4.79 Å². The van der Waals surface area contributed by atoms with Gasteiger partial charge in [-0.2, -0.15) is 17.0 Å². The van der Waals surface area contributed by atoms with Crippen molar-refractivity contribution in [1.82, 2.24) is 8.61 Å². The summed E-state index contributed by atoms with van der Waals surface area (Å²) in [5, 5.41) is 0. The van der Waals surface area contributed by atoms with Crippen molar-refractivity contribution >= 4 is 16.2 Å². The molecular formula is C11H22N2O4S. The molecule has 0 rings (SSSR count). The summed E-state index contributed by atoms with van der Waals surface area (Å²) in [7, 11) is 0.745. The number of methoxy groups -OCH3 is 1. The summed E-state index contributed by atoms with van der Waals surface area (Å²) in [5.74, 6) is -0.425. The molecule has 0 atom stereocenters. The fraction of sp³-hybridized carbons (Fsp3) is 0.727. The Labute approximate surface area is 109 Å². The number of carbonyl (C=O) groups excluding carboxylic acids is 1. The van der Waals surface area contributed by atoms with Gasteiger partial charge in [-0.1, -0.05) is 6.08 Å². The van der Waals surface area contributed by atoms with Crippen LogP contribution in [0.25, 0.3) is 0 Å². The van der Waals surface area contributed by atoms with Gasteiger partial charge in [-0.15, -0.1) is 6.58 Å². The molecule has 0 bridgehead atoms. The molecule has 0 fully saturated rings. The number of ether oxygens (including phenoxy) is 1. The van der Waals surface area contributed by atoms with Gasteiger partial charge in [0.05, 0.1) is 13.5 Å². The highest BCUT2D eigenvalue weighted by atomic mass is 32.2. The van der Waals surface area contributed by atoms with Gasteiger partial charge >= 0.3 is 5.97 Å². The molecule has 0 N–H and O–H groups in total. The maximum absolute atomic E-state index is 12.0. The molecule has 0 saturated heterocycles. The molecule has 6 nitrogen and oxygen atoms in total. The zero-order valence-electron chi connectivity index (χ0n) is 11.3. The number of unbranched alkanes of at least 4 members (excludes halogenated alkanes) is 1. The number of allylic oxidation sites excluding steroid dienone is 1. The van der Waals surface area contributed by atoms with Crippen LogP contribution >= 0.6 is 0 Å². The first-order valence-electron chi connectivity index (χ1n) is 5.71. The Kier molecular flexibility index (Phi) is 7.81. The summed E-state index contributed by atoms with van der Waals surface area (Å²) < 4.78 is 30.9. The molecule has 0 amide bonds. The summed E-state index contributed by atoms with van der Waals surface area (Å²) in [5.41, 5.74) is 0. The fourth-order valence-corrected chi connectivity index (χ4v) is 2.44. The number of esters is 1. The van der Waals surface area contributed by atoms with Gasteiger partial charge in [-0.05, 0) is 12.8 Å². The molecule has 0 aromatic rings. The van der Waals surface area contributed by atoms with Crippen molar-refractivity contribution in [2.75, 3.05) is 34.3 Å². The Morgan fingerprint density at radius 3 is 2.33 bits per heavy atom. The lowest BCUT2D eigenvalue weighted by Gasteiger charge is -2.23. The molecule has 0 heterocycles. The summed E-state index contributed by atoms with van der Waals surface area (Å²) >= 11 is 0. The largest absolute Gasteiger partial charge is 0.469 e. The zero-order chi connectivity index (χ0) is 14.2. The van der Waals surface area contributed by atoms with E-state index in [1.165, 1.54) is 25.5 Å². The number of rotatable bonds is 9. The molecule has 0 spiro atoms. The summed E-state index contributed by atoms with van der Waals surface area (Å²) in [4.78, 5) is 11.0. The van der Waals surface area contributed by atoms with Crippen LogP contribution in [0, 0.1) is 0 Å². The van der Waals surface area contributed by atoms with Crippen LogP contribution in [-0.2, 0) is 19.7 Å². The van der Waals surface area contributed by atoms with Crippen LogP contribution in [0.2, 0.25) is 0 Å². The fourth-order valence-electron chi connectivity index (χ4n) is 1.28. The third-order valence-electron chi connectivity index (χ3n) is 2.53. The van der Waals surface area contributed by atoms with Gasteiger partial charge < -0.3 is 4.74 Å². The summed E-state index contributed by atoms with van der Waals surface area (Å²) in [6.45, 7) is 4.12. The van der Waals surface area contributed by atoms with E-state index in [2.05, 4.69) is 11.3 Å². The monoisotopic (exact) mass is 278 g/mol. The molecule has 7 heteroatoms. The molecule has 0 aliphatic rings. The number of carbonyl (C=O) groups is 1. The molecule has 0 saturated carbocycles. The second kappa shape index (κ2) is 8.23. The normalized spacial score (nSPS) is 11.8. The maximum atomic E-state index is 12.0. The highest BCUT2D eigenvalue weighted by molar-refractivity contribution is 7.86. The standard InChI is InChI=1S/C11H22N2O4S/c1-5-6-7-9-12(2)18(15,16)13(3)10-8-11(14)17-4/h5H,1,6-10H2,2-4H3. The van der Waals surface area contributed by atoms with Crippen molar-refractivity contribution < 1.29 is 17.9 Å². The van der Waals surface area contributed by atoms with Crippen LogP contribution in [0.1, 0.15) is 19.3 Å². The van der Waals surface area contributed by atoms with E-state index >= 15 is 0 Å². The van der Waals surface area contributed by atoms with Crippen molar-refractivity contribution in [3.63, 3.8) is 0 Å². The summed E-state index contributed by atoms with van der Waals surface area (Å²) in [6, 6.07) is 0. The van der Waals surface area contributed by atoms with Crippen LogP contribution in [0.15, 0.2) is 12.7 Å². The van der Waals surface area contributed by atoms with Gasteiger partial charge in [0, 0.05) is 27.2 Å². The smallest absolute Gasteiger partial charge is 0.306 e. The lowest BCUT2D eigenvalue weighted by molar-refractivity contribution is -0.140. The molecule has 0 aliphatic heterocycles. The predicted octanol–water partition coefficient (Wildman–Crippen LogP) is 0.624. The molecule has 0 aromatic heterocycles. The van der Waals surface area contributed by atoms with E-state index in [1.54, 1.807) is 6.08 Å². The van der Waals surface area contributed by atoms with Crippen molar-refractivity contribution in [2.45, 2.75) is 19.3 Å². The Morgan fingerprint density at radius 2 is 1.83 bits per heavy atom. The van der Waals surface area contributed by atoms with Crippen LogP contribution in [0.5, 0.6) is 0 Å². The highest BCUT2D eigenvalue weighted by Crippen LogP contribution is 2.06. The molecule has 0 aromatic carbocycles. The second-order valence-electron chi connectivity index (χ2n) is 3.91. The van der Waals surface area contributed by atoms with E-state index in [-0.39, 0.29) is 13.0 Å². The molecule has 106 valence electrons. The average Bonchev–Trinajstić information content (AvgIpc) is 2.35. The molecular weight excluding hydrogens is 256 g/mol. The molecule has 0 unspecified atom stereocenters. The molecule has 18 heavy (non-hydrogen) atoms. The van der Waals surface area contributed by atoms with Gasteiger partial charge in [0.15, 0.2) is 0 Å². The van der Waals surface area contributed by atoms with Crippen molar-refractivity contribution in [1.29, 1.82) is 0 Å². The second-order valence-corrected chi connectivity index (χ2v) is 6.05. The average molecular weight is 278 g/mol. The van der Waals surface area contributed by atoms with Gasteiger partial charge in [0.2, 0.25) is 0 Å². The maximum Gasteiger partial charge on any atom is 0.306 e. The number of hydrogen-bond donors (Lipinski definition) is 0. The third-order valence-corrected chi connectivity index (χ3v) is 4.47. The molecule has 0 radical (unpaired) electrons. The number of nitrogens with zero attached hydrogens (tertiary/aromatic N) is 2. The number of hydrogen-bond acceptors (Lipinski definition) is 4. The highest BCUT2D eigenvalue weighted by Gasteiger charge is 2.23. The lowest BCUT2D eigenvalue weighted by atomic mass is 10.3. The Hall–Kier alpha value is -0.920. The van der Waals surface area contributed by atoms with Gasteiger partial charge in [-0.25, -0.2) is 0 Å². The Bertz CT molecular complexity index is 367. The van der Waals surface area contributed by atoms with E-state index < -0.39 is 16.2 Å². The van der Waals surface area contributed by atoms with Crippen molar-refractivity contribution in [3.8, 4) is 0 Å². The van der Waals surface area contributed by atoms with E-state index in [4.69, 9.17) is 0 Å². The molecule has 0 aliphatic carbocycles.